The van der Waals surface area contributed by atoms with Crippen molar-refractivity contribution in [1.29, 1.82) is 0 Å². The first-order chi connectivity index (χ1) is 9.16. The maximum absolute atomic E-state index is 6.04. The smallest absolute Gasteiger partial charge is 0.234 e. The van der Waals surface area contributed by atoms with Crippen LogP contribution in [0.4, 0.5) is 0 Å². The van der Waals surface area contributed by atoms with Crippen LogP contribution in [0.3, 0.4) is 0 Å². The zero-order chi connectivity index (χ0) is 13.7. The van der Waals surface area contributed by atoms with Gasteiger partial charge in [-0.3, -0.25) is 0 Å². The Hall–Kier alpha value is -0.550. The van der Waals surface area contributed by atoms with Gasteiger partial charge in [-0.15, -0.1) is 0 Å². The molecule has 0 unspecified atom stereocenters. The van der Waals surface area contributed by atoms with E-state index in [0.29, 0.717) is 11.8 Å². The van der Waals surface area contributed by atoms with Crippen molar-refractivity contribution >= 4 is 11.8 Å². The molecule has 5 heteroatoms. The fraction of sp³-hybridized carbons (Fsp3) is 0.857. The van der Waals surface area contributed by atoms with Crippen molar-refractivity contribution in [1.82, 2.24) is 10.1 Å². The number of rotatable bonds is 5. The van der Waals surface area contributed by atoms with Gasteiger partial charge in [0.1, 0.15) is 0 Å². The molecule has 0 atom stereocenters. The first-order valence-corrected chi connectivity index (χ1v) is 8.36. The van der Waals surface area contributed by atoms with Crippen molar-refractivity contribution in [2.75, 3.05) is 6.54 Å². The summed E-state index contributed by atoms with van der Waals surface area (Å²) in [7, 11) is 0. The Kier molecular flexibility index (Phi) is 5.28. The third kappa shape index (κ3) is 3.72. The molecule has 1 aromatic rings. The van der Waals surface area contributed by atoms with Gasteiger partial charge < -0.3 is 10.3 Å². The molecule has 1 saturated carbocycles. The van der Waals surface area contributed by atoms with Crippen LogP contribution in [0.1, 0.15) is 64.1 Å². The van der Waals surface area contributed by atoms with Crippen LogP contribution in [-0.4, -0.2) is 21.9 Å². The molecule has 0 aliphatic heterocycles. The Bertz CT molecular complexity index is 384. The van der Waals surface area contributed by atoms with Crippen molar-refractivity contribution in [2.24, 2.45) is 5.73 Å². The molecule has 2 N–H and O–H groups in total. The predicted molar refractivity (Wildman–Crippen MR) is 79.2 cm³/mol. The molecule has 0 amide bonds. The van der Waals surface area contributed by atoms with Crippen molar-refractivity contribution in [3.63, 3.8) is 0 Å². The Morgan fingerprint density at radius 2 is 1.95 bits per heavy atom. The lowest BCUT2D eigenvalue weighted by Crippen LogP contribution is -2.35. The van der Waals surface area contributed by atoms with E-state index in [2.05, 4.69) is 24.0 Å². The molecule has 1 aromatic heterocycles. The van der Waals surface area contributed by atoms with E-state index in [0.717, 1.165) is 30.3 Å². The summed E-state index contributed by atoms with van der Waals surface area (Å²) in [6.45, 7) is 4.97. The van der Waals surface area contributed by atoms with E-state index in [1.807, 2.05) is 11.8 Å². The summed E-state index contributed by atoms with van der Waals surface area (Å²) in [6, 6.07) is 0. The summed E-state index contributed by atoms with van der Waals surface area (Å²) >= 11 is 1.84. The SMILES string of the molecule is CC(C)SCc1noc(C2(CN)CCCCCC2)n1. The van der Waals surface area contributed by atoms with Crippen molar-refractivity contribution in [2.45, 2.75) is 68.8 Å². The van der Waals surface area contributed by atoms with E-state index in [1.54, 1.807) is 0 Å². The summed E-state index contributed by atoms with van der Waals surface area (Å²) in [5.41, 5.74) is 5.97. The van der Waals surface area contributed by atoms with Gasteiger partial charge in [-0.2, -0.15) is 16.7 Å². The lowest BCUT2D eigenvalue weighted by atomic mass is 9.80. The molecule has 19 heavy (non-hydrogen) atoms. The quantitative estimate of drug-likeness (QED) is 0.840. The normalized spacial score (nSPS) is 19.6. The summed E-state index contributed by atoms with van der Waals surface area (Å²) in [5.74, 6) is 2.41. The van der Waals surface area contributed by atoms with E-state index >= 15 is 0 Å². The molecule has 1 fully saturated rings. The van der Waals surface area contributed by atoms with Crippen LogP contribution in [0.15, 0.2) is 4.52 Å². The highest BCUT2D eigenvalue weighted by molar-refractivity contribution is 7.99. The average Bonchev–Trinajstić information content (AvgIpc) is 2.74. The fourth-order valence-electron chi connectivity index (χ4n) is 2.68. The van der Waals surface area contributed by atoms with Gasteiger partial charge in [0, 0.05) is 6.54 Å². The first-order valence-electron chi connectivity index (χ1n) is 7.31. The molecular weight excluding hydrogens is 258 g/mol. The fourth-order valence-corrected chi connectivity index (χ4v) is 3.28. The minimum Gasteiger partial charge on any atom is -0.339 e. The molecular formula is C14H25N3OS. The van der Waals surface area contributed by atoms with Crippen molar-refractivity contribution < 1.29 is 4.52 Å². The van der Waals surface area contributed by atoms with Crippen LogP contribution in [0, 0.1) is 0 Å². The molecule has 1 aliphatic rings. The largest absolute Gasteiger partial charge is 0.339 e. The summed E-state index contributed by atoms with van der Waals surface area (Å²) < 4.78 is 5.53. The maximum Gasteiger partial charge on any atom is 0.234 e. The molecule has 108 valence electrons. The van der Waals surface area contributed by atoms with E-state index in [9.17, 15) is 0 Å². The number of thioether (sulfide) groups is 1. The topological polar surface area (TPSA) is 64.9 Å². The van der Waals surface area contributed by atoms with Gasteiger partial charge in [-0.05, 0) is 18.1 Å². The number of hydrogen-bond acceptors (Lipinski definition) is 5. The maximum atomic E-state index is 6.04. The van der Waals surface area contributed by atoms with E-state index in [1.165, 1.54) is 25.7 Å². The number of nitrogens with two attached hydrogens (primary N) is 1. The van der Waals surface area contributed by atoms with Crippen molar-refractivity contribution in [3.8, 4) is 0 Å². The Morgan fingerprint density at radius 1 is 1.26 bits per heavy atom. The second kappa shape index (κ2) is 6.75. The Balaban J connectivity index is 2.09. The van der Waals surface area contributed by atoms with Gasteiger partial charge in [0.15, 0.2) is 5.82 Å². The van der Waals surface area contributed by atoms with Crippen LogP contribution >= 0.6 is 11.8 Å². The molecule has 0 saturated heterocycles. The van der Waals surface area contributed by atoms with Gasteiger partial charge in [-0.1, -0.05) is 44.7 Å². The highest BCUT2D eigenvalue weighted by atomic mass is 32.2. The predicted octanol–water partition coefficient (Wildman–Crippen LogP) is 3.26. The summed E-state index contributed by atoms with van der Waals surface area (Å²) in [4.78, 5) is 4.61. The molecule has 1 aliphatic carbocycles. The molecule has 0 aromatic carbocycles. The van der Waals surface area contributed by atoms with E-state index < -0.39 is 0 Å². The lowest BCUT2D eigenvalue weighted by molar-refractivity contribution is 0.256. The van der Waals surface area contributed by atoms with Crippen LogP contribution in [0.2, 0.25) is 0 Å². The van der Waals surface area contributed by atoms with Gasteiger partial charge in [0.05, 0.1) is 11.2 Å². The second-order valence-corrected chi connectivity index (χ2v) is 7.34. The van der Waals surface area contributed by atoms with Gasteiger partial charge in [0.2, 0.25) is 5.89 Å². The third-order valence-electron chi connectivity index (χ3n) is 3.92. The molecule has 0 bridgehead atoms. The number of aromatic nitrogens is 2. The Morgan fingerprint density at radius 3 is 2.53 bits per heavy atom. The summed E-state index contributed by atoms with van der Waals surface area (Å²) in [6.07, 6.45) is 7.20. The Labute approximate surface area is 119 Å². The highest BCUT2D eigenvalue weighted by Gasteiger charge is 2.37. The molecule has 1 heterocycles. The molecule has 2 rings (SSSR count). The van der Waals surface area contributed by atoms with Gasteiger partial charge in [0.25, 0.3) is 0 Å². The van der Waals surface area contributed by atoms with Crippen molar-refractivity contribution in [3.05, 3.63) is 11.7 Å². The van der Waals surface area contributed by atoms with Gasteiger partial charge in [-0.25, -0.2) is 0 Å². The number of nitrogens with zero attached hydrogens (tertiary/aromatic N) is 2. The standard InChI is InChI=1S/C14H25N3OS/c1-11(2)19-9-12-16-13(18-17-12)14(10-15)7-5-3-4-6-8-14/h11H,3-10,15H2,1-2H3. The van der Waals surface area contributed by atoms with Crippen LogP contribution in [0.25, 0.3) is 0 Å². The molecule has 4 nitrogen and oxygen atoms in total. The van der Waals surface area contributed by atoms with E-state index in [-0.39, 0.29) is 5.41 Å². The molecule has 0 spiro atoms. The first kappa shape index (κ1) is 14.9. The second-order valence-electron chi connectivity index (χ2n) is 5.77. The van der Waals surface area contributed by atoms with E-state index in [4.69, 9.17) is 10.3 Å². The number of hydrogen-bond donors (Lipinski definition) is 1. The minimum atomic E-state index is -0.0652. The van der Waals surface area contributed by atoms with Crippen LogP contribution in [-0.2, 0) is 11.2 Å². The zero-order valence-corrected chi connectivity index (χ0v) is 12.8. The van der Waals surface area contributed by atoms with Crippen LogP contribution in [0.5, 0.6) is 0 Å². The lowest BCUT2D eigenvalue weighted by Gasteiger charge is -2.26. The third-order valence-corrected chi connectivity index (χ3v) is 5.01. The molecule has 0 radical (unpaired) electrons. The van der Waals surface area contributed by atoms with Crippen LogP contribution < -0.4 is 5.73 Å². The average molecular weight is 283 g/mol. The monoisotopic (exact) mass is 283 g/mol. The summed E-state index contributed by atoms with van der Waals surface area (Å²) in [5, 5.41) is 4.71. The zero-order valence-electron chi connectivity index (χ0n) is 12.0. The minimum absolute atomic E-state index is 0.0652. The highest BCUT2D eigenvalue weighted by Crippen LogP contribution is 2.36. The van der Waals surface area contributed by atoms with Gasteiger partial charge >= 0.3 is 0 Å².